The lowest BCUT2D eigenvalue weighted by atomic mass is 9.86. The van der Waals surface area contributed by atoms with Gasteiger partial charge >= 0.3 is 15.4 Å². The molecular formula is C18H18F2N2O5S. The number of nitriles is 1. The second kappa shape index (κ2) is 7.47. The Labute approximate surface area is 161 Å². The molecule has 1 aromatic rings. The van der Waals surface area contributed by atoms with Gasteiger partial charge in [-0.3, -0.25) is 9.08 Å². The SMILES string of the molecule is COc1ccc(C(C#N)=NOS(=O)(=O)C(F)(F)C(=O)C2CC3CCC2C3)cc1. The van der Waals surface area contributed by atoms with Crippen LogP contribution in [-0.4, -0.2) is 32.3 Å². The minimum absolute atomic E-state index is 0.140. The number of fused-ring (bicyclic) bond motifs is 2. The highest BCUT2D eigenvalue weighted by atomic mass is 32.2. The second-order valence-electron chi connectivity index (χ2n) is 6.97. The number of hydrogen-bond acceptors (Lipinski definition) is 7. The molecule has 1 aromatic carbocycles. The van der Waals surface area contributed by atoms with E-state index in [4.69, 9.17) is 10.00 Å². The molecule has 0 aliphatic heterocycles. The molecule has 28 heavy (non-hydrogen) atoms. The second-order valence-corrected chi connectivity index (χ2v) is 8.54. The number of hydrogen-bond donors (Lipinski definition) is 0. The molecule has 2 saturated carbocycles. The highest BCUT2D eigenvalue weighted by Gasteiger charge is 2.60. The van der Waals surface area contributed by atoms with Gasteiger partial charge in [0.05, 0.1) is 7.11 Å². The molecule has 2 fully saturated rings. The van der Waals surface area contributed by atoms with Crippen molar-refractivity contribution >= 4 is 21.6 Å². The summed E-state index contributed by atoms with van der Waals surface area (Å²) >= 11 is 0. The molecule has 2 bridgehead atoms. The summed E-state index contributed by atoms with van der Waals surface area (Å²) < 4.78 is 61.8. The van der Waals surface area contributed by atoms with Crippen LogP contribution in [-0.2, 0) is 19.2 Å². The lowest BCUT2D eigenvalue weighted by Crippen LogP contribution is -2.43. The van der Waals surface area contributed by atoms with Crippen LogP contribution in [0, 0.1) is 29.1 Å². The maximum atomic E-state index is 14.4. The van der Waals surface area contributed by atoms with Crippen LogP contribution >= 0.6 is 0 Å². The van der Waals surface area contributed by atoms with Crippen molar-refractivity contribution < 1.29 is 31.0 Å². The molecule has 0 heterocycles. The molecule has 7 nitrogen and oxygen atoms in total. The summed E-state index contributed by atoms with van der Waals surface area (Å²) in [5.74, 6) is -2.20. The van der Waals surface area contributed by atoms with Gasteiger partial charge in [-0.1, -0.05) is 11.6 Å². The Bertz CT molecular complexity index is 938. The average molecular weight is 412 g/mol. The van der Waals surface area contributed by atoms with Crippen molar-refractivity contribution in [3.8, 4) is 11.8 Å². The summed E-state index contributed by atoms with van der Waals surface area (Å²) in [6.45, 7) is 0. The van der Waals surface area contributed by atoms with Gasteiger partial charge in [0.1, 0.15) is 11.8 Å². The minimum Gasteiger partial charge on any atom is -0.497 e. The van der Waals surface area contributed by atoms with Crippen molar-refractivity contribution in [3.05, 3.63) is 29.8 Å². The fourth-order valence-corrected chi connectivity index (χ4v) is 4.59. The van der Waals surface area contributed by atoms with E-state index in [0.717, 1.165) is 6.42 Å². The maximum Gasteiger partial charge on any atom is 0.439 e. The summed E-state index contributed by atoms with van der Waals surface area (Å²) in [5.41, 5.74) is -0.393. The van der Waals surface area contributed by atoms with Crippen molar-refractivity contribution in [2.75, 3.05) is 7.11 Å². The van der Waals surface area contributed by atoms with Crippen LogP contribution < -0.4 is 4.74 Å². The zero-order chi connectivity index (χ0) is 20.5. The van der Waals surface area contributed by atoms with Gasteiger partial charge in [0.2, 0.25) is 5.78 Å². The highest BCUT2D eigenvalue weighted by Crippen LogP contribution is 2.50. The van der Waals surface area contributed by atoms with E-state index in [2.05, 4.69) is 9.44 Å². The number of ether oxygens (including phenoxy) is 1. The van der Waals surface area contributed by atoms with Crippen molar-refractivity contribution in [2.45, 2.75) is 30.9 Å². The van der Waals surface area contributed by atoms with Gasteiger partial charge in [-0.05, 0) is 55.4 Å². The maximum absolute atomic E-state index is 14.4. The van der Waals surface area contributed by atoms with E-state index in [1.54, 1.807) is 6.07 Å². The number of nitrogens with zero attached hydrogens (tertiary/aromatic N) is 2. The lowest BCUT2D eigenvalue weighted by molar-refractivity contribution is -0.139. The number of ketones is 1. The number of oxime groups is 1. The highest BCUT2D eigenvalue weighted by molar-refractivity contribution is 7.88. The predicted octanol–water partition coefficient (Wildman–Crippen LogP) is 2.87. The standard InChI is InChI=1S/C18H18F2N2O5S/c1-26-14-6-4-12(5-7-14)16(10-21)22-27-28(24,25)18(19,20)17(23)15-9-11-2-3-13(15)8-11/h4-7,11,13,15H,2-3,8-9H2,1H3. The molecule has 0 spiro atoms. The van der Waals surface area contributed by atoms with E-state index in [1.807, 2.05) is 0 Å². The number of alkyl halides is 2. The predicted molar refractivity (Wildman–Crippen MR) is 94.0 cm³/mol. The third kappa shape index (κ3) is 3.58. The quantitative estimate of drug-likeness (QED) is 0.504. The number of methoxy groups -OCH3 is 1. The summed E-state index contributed by atoms with van der Waals surface area (Å²) in [6, 6.07) is 7.30. The molecule has 3 atom stereocenters. The molecule has 3 rings (SSSR count). The monoisotopic (exact) mass is 412 g/mol. The first-order valence-electron chi connectivity index (χ1n) is 8.67. The molecule has 0 aromatic heterocycles. The fraction of sp³-hybridized carbons (Fsp3) is 0.500. The van der Waals surface area contributed by atoms with Crippen molar-refractivity contribution in [1.82, 2.24) is 0 Å². The Hall–Kier alpha value is -2.54. The van der Waals surface area contributed by atoms with Crippen molar-refractivity contribution in [1.29, 1.82) is 5.26 Å². The van der Waals surface area contributed by atoms with Gasteiger partial charge in [0, 0.05) is 11.5 Å². The Balaban J connectivity index is 1.78. The first kappa shape index (κ1) is 20.2. The smallest absolute Gasteiger partial charge is 0.439 e. The summed E-state index contributed by atoms with van der Waals surface area (Å²) in [6.07, 6.45) is 2.46. The van der Waals surface area contributed by atoms with Gasteiger partial charge in [-0.15, -0.1) is 0 Å². The molecule has 10 heteroatoms. The van der Waals surface area contributed by atoms with Gasteiger partial charge < -0.3 is 4.74 Å². The van der Waals surface area contributed by atoms with E-state index < -0.39 is 32.8 Å². The van der Waals surface area contributed by atoms with Gasteiger partial charge in [-0.2, -0.15) is 22.5 Å². The van der Waals surface area contributed by atoms with Crippen LogP contribution in [0.2, 0.25) is 0 Å². The zero-order valence-electron chi connectivity index (χ0n) is 15.0. The Kier molecular flexibility index (Phi) is 5.39. The Morgan fingerprint density at radius 1 is 1.25 bits per heavy atom. The Morgan fingerprint density at radius 3 is 2.43 bits per heavy atom. The fourth-order valence-electron chi connectivity index (χ4n) is 3.92. The average Bonchev–Trinajstić information content (AvgIpc) is 3.31. The molecule has 2 aliphatic rings. The molecule has 0 N–H and O–H groups in total. The number of Topliss-reactive ketones (excluding diaryl/α,β-unsaturated/α-hetero) is 1. The molecule has 150 valence electrons. The lowest BCUT2D eigenvalue weighted by Gasteiger charge is -2.23. The minimum atomic E-state index is -5.69. The van der Waals surface area contributed by atoms with E-state index in [-0.39, 0.29) is 23.8 Å². The third-order valence-electron chi connectivity index (χ3n) is 5.37. The molecule has 0 saturated heterocycles. The van der Waals surface area contributed by atoms with Crippen LogP contribution in [0.5, 0.6) is 5.75 Å². The van der Waals surface area contributed by atoms with Gasteiger partial charge in [0.25, 0.3) is 0 Å². The van der Waals surface area contributed by atoms with E-state index in [9.17, 15) is 22.0 Å². The van der Waals surface area contributed by atoms with Crippen LogP contribution in [0.15, 0.2) is 29.4 Å². The summed E-state index contributed by atoms with van der Waals surface area (Å²) in [7, 11) is -4.26. The van der Waals surface area contributed by atoms with Crippen LogP contribution in [0.25, 0.3) is 0 Å². The molecule has 3 unspecified atom stereocenters. The van der Waals surface area contributed by atoms with Crippen molar-refractivity contribution in [3.63, 3.8) is 0 Å². The first-order chi connectivity index (χ1) is 13.2. The van der Waals surface area contributed by atoms with Gasteiger partial charge in [0.15, 0.2) is 5.71 Å². The molecule has 0 radical (unpaired) electrons. The van der Waals surface area contributed by atoms with E-state index >= 15 is 0 Å². The third-order valence-corrected chi connectivity index (χ3v) is 6.47. The molecular weight excluding hydrogens is 394 g/mol. The van der Waals surface area contributed by atoms with Crippen LogP contribution in [0.4, 0.5) is 8.78 Å². The number of carbonyl (C=O) groups excluding carboxylic acids is 1. The number of halogens is 2. The first-order valence-corrected chi connectivity index (χ1v) is 10.1. The number of rotatable bonds is 7. The number of carbonyl (C=O) groups is 1. The normalized spacial score (nSPS) is 24.6. The van der Waals surface area contributed by atoms with Gasteiger partial charge in [-0.25, -0.2) is 0 Å². The molecule has 0 amide bonds. The topological polar surface area (TPSA) is 106 Å². The number of benzene rings is 1. The summed E-state index contributed by atoms with van der Waals surface area (Å²) in [5, 5.41) is 7.44. The van der Waals surface area contributed by atoms with E-state index in [1.165, 1.54) is 31.4 Å². The largest absolute Gasteiger partial charge is 0.497 e. The van der Waals surface area contributed by atoms with Crippen LogP contribution in [0.3, 0.4) is 0 Å². The van der Waals surface area contributed by atoms with Crippen molar-refractivity contribution in [2.24, 2.45) is 22.9 Å². The van der Waals surface area contributed by atoms with E-state index in [0.29, 0.717) is 18.6 Å². The molecule has 2 aliphatic carbocycles. The van der Waals surface area contributed by atoms with Crippen LogP contribution in [0.1, 0.15) is 31.2 Å². The summed E-state index contributed by atoms with van der Waals surface area (Å²) in [4.78, 5) is 12.2. The zero-order valence-corrected chi connectivity index (χ0v) is 15.8. The Morgan fingerprint density at radius 2 is 1.93 bits per heavy atom.